The Labute approximate surface area is 236 Å². The maximum atomic E-state index is 14.1. The summed E-state index contributed by atoms with van der Waals surface area (Å²) < 4.78 is 7.48. The van der Waals surface area contributed by atoms with Gasteiger partial charge in [-0.05, 0) is 68.7 Å². The molecule has 0 saturated heterocycles. The highest BCUT2D eigenvalue weighted by molar-refractivity contribution is 5.81. The quantitative estimate of drug-likeness (QED) is 0.397. The molecule has 1 aliphatic carbocycles. The second kappa shape index (κ2) is 11.5. The number of hydrogen-bond donors (Lipinski definition) is 0. The van der Waals surface area contributed by atoms with Crippen molar-refractivity contribution in [2.75, 3.05) is 13.1 Å². The average molecular weight is 544 g/mol. The van der Waals surface area contributed by atoms with Crippen molar-refractivity contribution in [1.82, 2.24) is 14.4 Å². The summed E-state index contributed by atoms with van der Waals surface area (Å²) in [6.07, 6.45) is 5.31. The minimum Gasteiger partial charge on any atom is -0.444 e. The van der Waals surface area contributed by atoms with Crippen LogP contribution in [0.4, 0.5) is 4.79 Å². The number of aromatic nitrogens is 1. The number of amides is 2. The van der Waals surface area contributed by atoms with E-state index < -0.39 is 5.60 Å². The van der Waals surface area contributed by atoms with Gasteiger partial charge in [-0.3, -0.25) is 14.5 Å². The van der Waals surface area contributed by atoms with E-state index in [0.717, 1.165) is 55.0 Å². The summed E-state index contributed by atoms with van der Waals surface area (Å²) in [6.45, 7) is 6.62. The van der Waals surface area contributed by atoms with Gasteiger partial charge < -0.3 is 14.2 Å². The zero-order valence-electron chi connectivity index (χ0n) is 24.2. The summed E-state index contributed by atoms with van der Waals surface area (Å²) in [4.78, 5) is 44.7. The van der Waals surface area contributed by atoms with Crippen LogP contribution >= 0.6 is 0 Å². The molecule has 2 heterocycles. The van der Waals surface area contributed by atoms with Gasteiger partial charge in [-0.2, -0.15) is 0 Å². The zero-order valence-corrected chi connectivity index (χ0v) is 24.2. The molecule has 3 aromatic rings. The number of ether oxygens (including phenoxy) is 1. The fourth-order valence-corrected chi connectivity index (χ4v) is 6.24. The van der Waals surface area contributed by atoms with E-state index in [1.165, 1.54) is 5.56 Å². The normalized spacial score (nSPS) is 17.9. The molecule has 7 heteroatoms. The minimum absolute atomic E-state index is 0.0631. The first-order chi connectivity index (χ1) is 19.1. The number of aryl methyl sites for hydroxylation is 1. The van der Waals surface area contributed by atoms with E-state index >= 15 is 0 Å². The Morgan fingerprint density at radius 2 is 1.70 bits per heavy atom. The molecule has 1 aliphatic heterocycles. The van der Waals surface area contributed by atoms with Crippen LogP contribution in [-0.4, -0.2) is 45.1 Å². The lowest BCUT2D eigenvalue weighted by atomic mass is 9.87. The molecule has 1 atom stereocenters. The lowest BCUT2D eigenvalue weighted by Gasteiger charge is -2.41. The SMILES string of the molecule is Cn1c(=O)c(CN(CC2c3ccccc3CCN2C(=O)OC(C)(C)C)C(=O)C2CCCCC2)cc2ccccc21. The van der Waals surface area contributed by atoms with Crippen molar-refractivity contribution in [3.63, 3.8) is 0 Å². The summed E-state index contributed by atoms with van der Waals surface area (Å²) in [5.74, 6) is 0.00831. The number of hydrogen-bond acceptors (Lipinski definition) is 4. The van der Waals surface area contributed by atoms with Crippen LogP contribution in [0, 0.1) is 5.92 Å². The second-order valence-corrected chi connectivity index (χ2v) is 12.3. The Balaban J connectivity index is 1.54. The van der Waals surface area contributed by atoms with Crippen LogP contribution in [0.2, 0.25) is 0 Å². The van der Waals surface area contributed by atoms with E-state index in [1.807, 2.05) is 68.1 Å². The molecule has 2 amide bonds. The van der Waals surface area contributed by atoms with E-state index in [1.54, 1.807) is 16.5 Å². The van der Waals surface area contributed by atoms with Crippen LogP contribution in [0.3, 0.4) is 0 Å². The lowest BCUT2D eigenvalue weighted by Crippen LogP contribution is -2.49. The maximum absolute atomic E-state index is 14.1. The summed E-state index contributed by atoms with van der Waals surface area (Å²) >= 11 is 0. The van der Waals surface area contributed by atoms with Crippen LogP contribution < -0.4 is 5.56 Å². The topological polar surface area (TPSA) is 71.8 Å². The molecule has 2 aliphatic rings. The second-order valence-electron chi connectivity index (χ2n) is 12.3. The van der Waals surface area contributed by atoms with Gasteiger partial charge in [0.1, 0.15) is 5.60 Å². The molecule has 0 bridgehead atoms. The fourth-order valence-electron chi connectivity index (χ4n) is 6.24. The highest BCUT2D eigenvalue weighted by Gasteiger charge is 2.37. The van der Waals surface area contributed by atoms with Crippen molar-refractivity contribution < 1.29 is 14.3 Å². The molecule has 1 aromatic heterocycles. The molecule has 1 fully saturated rings. The summed E-state index contributed by atoms with van der Waals surface area (Å²) in [6, 6.07) is 17.5. The minimum atomic E-state index is -0.631. The first-order valence-corrected chi connectivity index (χ1v) is 14.6. The van der Waals surface area contributed by atoms with E-state index in [4.69, 9.17) is 4.74 Å². The van der Waals surface area contributed by atoms with Crippen molar-refractivity contribution in [3.05, 3.63) is 81.6 Å². The molecule has 1 saturated carbocycles. The third-order valence-corrected chi connectivity index (χ3v) is 8.27. The number of pyridine rings is 1. The summed E-state index contributed by atoms with van der Waals surface area (Å²) in [5.41, 5.74) is 2.92. The van der Waals surface area contributed by atoms with Gasteiger partial charge in [-0.15, -0.1) is 0 Å². The molecular weight excluding hydrogens is 502 g/mol. The van der Waals surface area contributed by atoms with Gasteiger partial charge in [0, 0.05) is 31.6 Å². The van der Waals surface area contributed by atoms with Crippen LogP contribution in [0.25, 0.3) is 10.9 Å². The zero-order chi connectivity index (χ0) is 28.4. The first kappa shape index (κ1) is 27.9. The number of carbonyl (C=O) groups is 2. The lowest BCUT2D eigenvalue weighted by molar-refractivity contribution is -0.138. The Hall–Kier alpha value is -3.61. The molecule has 7 nitrogen and oxygen atoms in total. The maximum Gasteiger partial charge on any atom is 0.410 e. The molecule has 0 N–H and O–H groups in total. The third-order valence-electron chi connectivity index (χ3n) is 8.27. The number of carbonyl (C=O) groups excluding carboxylic acids is 2. The van der Waals surface area contributed by atoms with Gasteiger partial charge in [0.05, 0.1) is 18.1 Å². The van der Waals surface area contributed by atoms with Crippen molar-refractivity contribution in [2.24, 2.45) is 13.0 Å². The van der Waals surface area contributed by atoms with Crippen molar-refractivity contribution in [1.29, 1.82) is 0 Å². The van der Waals surface area contributed by atoms with Gasteiger partial charge >= 0.3 is 6.09 Å². The predicted octanol–water partition coefficient (Wildman–Crippen LogP) is 5.98. The largest absolute Gasteiger partial charge is 0.444 e. The van der Waals surface area contributed by atoms with E-state index in [2.05, 4.69) is 12.1 Å². The summed E-state index contributed by atoms with van der Waals surface area (Å²) in [5, 5.41) is 0.961. The van der Waals surface area contributed by atoms with Crippen LogP contribution in [0.1, 0.15) is 75.6 Å². The molecule has 40 heavy (non-hydrogen) atoms. The van der Waals surface area contributed by atoms with Gasteiger partial charge in [-0.25, -0.2) is 4.79 Å². The van der Waals surface area contributed by atoms with Gasteiger partial charge in [0.15, 0.2) is 0 Å². The monoisotopic (exact) mass is 543 g/mol. The van der Waals surface area contributed by atoms with E-state index in [-0.39, 0.29) is 36.1 Å². The number of para-hydroxylation sites is 1. The van der Waals surface area contributed by atoms with Gasteiger partial charge in [-0.1, -0.05) is 61.7 Å². The van der Waals surface area contributed by atoms with Crippen LogP contribution in [-0.2, 0) is 29.5 Å². The van der Waals surface area contributed by atoms with E-state index in [0.29, 0.717) is 18.7 Å². The number of benzene rings is 2. The number of nitrogens with zero attached hydrogens (tertiary/aromatic N) is 3. The highest BCUT2D eigenvalue weighted by Crippen LogP contribution is 2.34. The van der Waals surface area contributed by atoms with Crippen LogP contribution in [0.5, 0.6) is 0 Å². The number of fused-ring (bicyclic) bond motifs is 2. The molecular formula is C33H41N3O4. The highest BCUT2D eigenvalue weighted by atomic mass is 16.6. The van der Waals surface area contributed by atoms with Crippen molar-refractivity contribution in [3.8, 4) is 0 Å². The Morgan fingerprint density at radius 1 is 1.00 bits per heavy atom. The van der Waals surface area contributed by atoms with Gasteiger partial charge in [0.25, 0.3) is 5.56 Å². The molecule has 2 aromatic carbocycles. The van der Waals surface area contributed by atoms with E-state index in [9.17, 15) is 14.4 Å². The van der Waals surface area contributed by atoms with Crippen molar-refractivity contribution >= 4 is 22.9 Å². The first-order valence-electron chi connectivity index (χ1n) is 14.6. The molecule has 5 rings (SSSR count). The molecule has 1 unspecified atom stereocenters. The molecule has 0 spiro atoms. The smallest absolute Gasteiger partial charge is 0.410 e. The average Bonchev–Trinajstić information content (AvgIpc) is 2.94. The van der Waals surface area contributed by atoms with Crippen molar-refractivity contribution in [2.45, 2.75) is 77.5 Å². The summed E-state index contributed by atoms with van der Waals surface area (Å²) in [7, 11) is 1.78. The third kappa shape index (κ3) is 5.93. The predicted molar refractivity (Wildman–Crippen MR) is 157 cm³/mol. The molecule has 212 valence electrons. The van der Waals surface area contributed by atoms with Gasteiger partial charge in [0.2, 0.25) is 5.91 Å². The number of rotatable bonds is 5. The Bertz CT molecular complexity index is 1450. The fraction of sp³-hybridized carbons (Fsp3) is 0.485. The van der Waals surface area contributed by atoms with Crippen LogP contribution in [0.15, 0.2) is 59.4 Å². The standard InChI is InChI=1S/C33H41N3O4/c1-33(2,3)40-32(39)36-19-18-23-12-8-10-16-27(23)29(36)22-35(31(38)24-13-6-5-7-14-24)21-26-20-25-15-9-11-17-28(25)34(4)30(26)37/h8-12,15-17,20,24,29H,5-7,13-14,18-19,21-22H2,1-4H3. The Morgan fingerprint density at radius 3 is 2.45 bits per heavy atom. The Kier molecular flexibility index (Phi) is 8.02. The molecule has 0 radical (unpaired) electrons.